The number of aryl methyl sites for hydroxylation is 2. The van der Waals surface area contributed by atoms with E-state index in [-0.39, 0.29) is 18.9 Å². The number of esters is 1. The van der Waals surface area contributed by atoms with Crippen LogP contribution in [0.5, 0.6) is 0 Å². The number of amides is 1. The van der Waals surface area contributed by atoms with E-state index in [1.165, 1.54) is 5.56 Å². The molecule has 26 heavy (non-hydrogen) atoms. The Bertz CT molecular complexity index is 720. The molecule has 2 rings (SSSR count). The lowest BCUT2D eigenvalue weighted by Crippen LogP contribution is -2.30. The fraction of sp³-hybridized carbons (Fsp3) is 0.450. The molecule has 0 aliphatic heterocycles. The Morgan fingerprint density at radius 1 is 1.23 bits per heavy atom. The van der Waals surface area contributed by atoms with Crippen LogP contribution in [0.3, 0.4) is 0 Å². The van der Waals surface area contributed by atoms with E-state index in [9.17, 15) is 9.59 Å². The molecule has 0 atom stereocenters. The topological polar surface area (TPSA) is 81.4 Å². The molecule has 1 N–H and O–H groups in total. The second kappa shape index (κ2) is 9.75. The standard InChI is InChI=1S/C20H26N2O4/c1-14(2)10-11-21-18(23)13-25-20(24)9-8-19-22-12-17(26-19)16-6-4-15(3)5-7-16/h4-7,12,14H,8-11,13H2,1-3H3,(H,21,23). The highest BCUT2D eigenvalue weighted by Crippen LogP contribution is 2.21. The van der Waals surface area contributed by atoms with E-state index in [2.05, 4.69) is 24.1 Å². The van der Waals surface area contributed by atoms with Gasteiger partial charge in [0, 0.05) is 18.5 Å². The molecule has 0 radical (unpaired) electrons. The number of oxazole rings is 1. The lowest BCUT2D eigenvalue weighted by atomic mass is 10.1. The average Bonchev–Trinajstić information content (AvgIpc) is 3.07. The number of carbonyl (C=O) groups is 2. The van der Waals surface area contributed by atoms with Crippen LogP contribution in [0.4, 0.5) is 0 Å². The van der Waals surface area contributed by atoms with Crippen LogP contribution in [-0.2, 0) is 20.7 Å². The van der Waals surface area contributed by atoms with Crippen LogP contribution in [0.1, 0.15) is 38.1 Å². The lowest BCUT2D eigenvalue weighted by Gasteiger charge is -2.07. The number of hydrogen-bond donors (Lipinski definition) is 1. The third-order valence-electron chi connectivity index (χ3n) is 3.84. The Morgan fingerprint density at radius 3 is 2.65 bits per heavy atom. The van der Waals surface area contributed by atoms with E-state index < -0.39 is 5.97 Å². The molecule has 0 bridgehead atoms. The van der Waals surface area contributed by atoms with Crippen molar-refractivity contribution in [2.75, 3.05) is 13.2 Å². The molecule has 0 saturated carbocycles. The molecule has 0 aliphatic carbocycles. The average molecular weight is 358 g/mol. The molecule has 1 amide bonds. The van der Waals surface area contributed by atoms with Gasteiger partial charge in [0.1, 0.15) is 0 Å². The van der Waals surface area contributed by atoms with Gasteiger partial charge in [0.2, 0.25) is 0 Å². The predicted molar refractivity (Wildman–Crippen MR) is 98.4 cm³/mol. The van der Waals surface area contributed by atoms with Gasteiger partial charge in [0.05, 0.1) is 12.6 Å². The molecule has 1 aromatic heterocycles. The summed E-state index contributed by atoms with van der Waals surface area (Å²) in [5, 5.41) is 2.72. The third kappa shape index (κ3) is 6.70. The number of benzene rings is 1. The van der Waals surface area contributed by atoms with Crippen molar-refractivity contribution < 1.29 is 18.7 Å². The van der Waals surface area contributed by atoms with Gasteiger partial charge < -0.3 is 14.5 Å². The molecule has 1 heterocycles. The maximum Gasteiger partial charge on any atom is 0.306 e. The molecule has 6 nitrogen and oxygen atoms in total. The van der Waals surface area contributed by atoms with E-state index in [1.807, 2.05) is 31.2 Å². The van der Waals surface area contributed by atoms with Crippen LogP contribution in [-0.4, -0.2) is 30.0 Å². The second-order valence-corrected chi connectivity index (χ2v) is 6.68. The van der Waals surface area contributed by atoms with Gasteiger partial charge in [-0.1, -0.05) is 43.7 Å². The summed E-state index contributed by atoms with van der Waals surface area (Å²) < 4.78 is 10.6. The number of nitrogens with one attached hydrogen (secondary N) is 1. The molecule has 0 aliphatic rings. The van der Waals surface area contributed by atoms with E-state index in [1.54, 1.807) is 6.20 Å². The van der Waals surface area contributed by atoms with Crippen LogP contribution in [0.2, 0.25) is 0 Å². The molecule has 0 unspecified atom stereocenters. The molecule has 1 aromatic carbocycles. The van der Waals surface area contributed by atoms with Gasteiger partial charge >= 0.3 is 5.97 Å². The van der Waals surface area contributed by atoms with Crippen molar-refractivity contribution in [3.63, 3.8) is 0 Å². The van der Waals surface area contributed by atoms with E-state index in [4.69, 9.17) is 9.15 Å². The van der Waals surface area contributed by atoms with Crippen LogP contribution in [0.15, 0.2) is 34.9 Å². The Labute approximate surface area is 154 Å². The zero-order valence-electron chi connectivity index (χ0n) is 15.6. The first-order valence-corrected chi connectivity index (χ1v) is 8.88. The van der Waals surface area contributed by atoms with Crippen molar-refractivity contribution >= 4 is 11.9 Å². The minimum atomic E-state index is -0.445. The number of rotatable bonds is 9. The summed E-state index contributed by atoms with van der Waals surface area (Å²) >= 11 is 0. The Hall–Kier alpha value is -2.63. The first kappa shape index (κ1) is 19.7. The molecular formula is C20H26N2O4. The molecule has 6 heteroatoms. The zero-order valence-corrected chi connectivity index (χ0v) is 15.6. The smallest absolute Gasteiger partial charge is 0.306 e. The largest absolute Gasteiger partial charge is 0.456 e. The summed E-state index contributed by atoms with van der Waals surface area (Å²) in [7, 11) is 0. The van der Waals surface area contributed by atoms with Gasteiger partial charge in [-0.3, -0.25) is 9.59 Å². The predicted octanol–water partition coefficient (Wildman–Crippen LogP) is 3.29. The monoisotopic (exact) mass is 358 g/mol. The molecule has 2 aromatic rings. The van der Waals surface area contributed by atoms with Gasteiger partial charge in [0.15, 0.2) is 18.3 Å². The van der Waals surface area contributed by atoms with Gasteiger partial charge in [0.25, 0.3) is 5.91 Å². The summed E-state index contributed by atoms with van der Waals surface area (Å²) in [5.74, 6) is 0.927. The minimum Gasteiger partial charge on any atom is -0.456 e. The number of carbonyl (C=O) groups excluding carboxylic acids is 2. The van der Waals surface area contributed by atoms with Crippen LogP contribution in [0.25, 0.3) is 11.3 Å². The van der Waals surface area contributed by atoms with E-state index in [0.29, 0.717) is 30.5 Å². The number of aromatic nitrogens is 1. The third-order valence-corrected chi connectivity index (χ3v) is 3.84. The summed E-state index contributed by atoms with van der Waals surface area (Å²) in [6, 6.07) is 7.93. The quantitative estimate of drug-likeness (QED) is 0.696. The van der Waals surface area contributed by atoms with Crippen molar-refractivity contribution in [3.8, 4) is 11.3 Å². The maximum absolute atomic E-state index is 11.7. The highest BCUT2D eigenvalue weighted by Gasteiger charge is 2.11. The highest BCUT2D eigenvalue weighted by molar-refractivity contribution is 5.80. The van der Waals surface area contributed by atoms with Crippen molar-refractivity contribution in [2.45, 2.75) is 40.0 Å². The van der Waals surface area contributed by atoms with Crippen LogP contribution >= 0.6 is 0 Å². The molecule has 0 spiro atoms. The second-order valence-electron chi connectivity index (χ2n) is 6.68. The number of nitrogens with zero attached hydrogens (tertiary/aromatic N) is 1. The zero-order chi connectivity index (χ0) is 18.9. The van der Waals surface area contributed by atoms with Crippen molar-refractivity contribution in [1.82, 2.24) is 10.3 Å². The normalized spacial score (nSPS) is 10.8. The van der Waals surface area contributed by atoms with Crippen molar-refractivity contribution in [3.05, 3.63) is 41.9 Å². The summed E-state index contributed by atoms with van der Waals surface area (Å²) in [6.45, 7) is 6.52. The fourth-order valence-corrected chi connectivity index (χ4v) is 2.26. The van der Waals surface area contributed by atoms with Crippen LogP contribution in [0, 0.1) is 12.8 Å². The number of ether oxygens (including phenoxy) is 1. The Balaban J connectivity index is 1.71. The first-order valence-electron chi connectivity index (χ1n) is 8.88. The molecule has 0 fully saturated rings. The van der Waals surface area contributed by atoms with E-state index >= 15 is 0 Å². The van der Waals surface area contributed by atoms with Gasteiger partial charge in [-0.05, 0) is 19.3 Å². The van der Waals surface area contributed by atoms with Crippen molar-refractivity contribution in [2.24, 2.45) is 5.92 Å². The lowest BCUT2D eigenvalue weighted by molar-refractivity contribution is -0.148. The minimum absolute atomic E-state index is 0.118. The molecule has 140 valence electrons. The van der Waals surface area contributed by atoms with E-state index in [0.717, 1.165) is 12.0 Å². The van der Waals surface area contributed by atoms with Gasteiger partial charge in [-0.2, -0.15) is 0 Å². The van der Waals surface area contributed by atoms with Crippen LogP contribution < -0.4 is 5.32 Å². The van der Waals surface area contributed by atoms with Gasteiger partial charge in [-0.25, -0.2) is 4.98 Å². The van der Waals surface area contributed by atoms with Gasteiger partial charge in [-0.15, -0.1) is 0 Å². The number of hydrogen-bond acceptors (Lipinski definition) is 5. The fourth-order valence-electron chi connectivity index (χ4n) is 2.26. The highest BCUT2D eigenvalue weighted by atomic mass is 16.5. The Morgan fingerprint density at radius 2 is 1.96 bits per heavy atom. The Kier molecular flexibility index (Phi) is 7.38. The molecule has 0 saturated heterocycles. The maximum atomic E-state index is 11.7. The molecular weight excluding hydrogens is 332 g/mol. The van der Waals surface area contributed by atoms with Crippen molar-refractivity contribution in [1.29, 1.82) is 0 Å². The SMILES string of the molecule is Cc1ccc(-c2cnc(CCC(=O)OCC(=O)NCCC(C)C)o2)cc1. The first-order chi connectivity index (χ1) is 12.4. The summed E-state index contributed by atoms with van der Waals surface area (Å²) in [6.07, 6.45) is 2.99. The summed E-state index contributed by atoms with van der Waals surface area (Å²) in [4.78, 5) is 27.5. The summed E-state index contributed by atoms with van der Waals surface area (Å²) in [5.41, 5.74) is 2.11.